The molecule has 2 heteroatoms. The molecule has 0 radical (unpaired) electrons. The molecule has 0 saturated heterocycles. The highest BCUT2D eigenvalue weighted by atomic mass is 16.5. The standard InChI is InChI=1S/C18H31NO/c1-7-14(8-2)16(13-19-18(3,4)5)15-11-9-10-12-17(15)20-6/h9-12,14,16,19H,7-8,13H2,1-6H3. The van der Waals surface area contributed by atoms with Crippen LogP contribution < -0.4 is 10.1 Å². The van der Waals surface area contributed by atoms with Crippen LogP contribution in [0.2, 0.25) is 0 Å². The molecule has 0 amide bonds. The monoisotopic (exact) mass is 277 g/mol. The van der Waals surface area contributed by atoms with Crippen molar-refractivity contribution in [3.8, 4) is 5.75 Å². The third kappa shape index (κ3) is 4.82. The van der Waals surface area contributed by atoms with Crippen LogP contribution in [0.15, 0.2) is 24.3 Å². The van der Waals surface area contributed by atoms with Crippen molar-refractivity contribution in [1.82, 2.24) is 5.32 Å². The average Bonchev–Trinajstić information content (AvgIpc) is 2.42. The molecule has 0 aliphatic heterocycles. The molecule has 0 saturated carbocycles. The zero-order chi connectivity index (χ0) is 15.2. The Labute approximate surface area is 124 Å². The Morgan fingerprint density at radius 3 is 2.20 bits per heavy atom. The predicted molar refractivity (Wildman–Crippen MR) is 87.6 cm³/mol. The highest BCUT2D eigenvalue weighted by molar-refractivity contribution is 5.37. The maximum absolute atomic E-state index is 5.57. The van der Waals surface area contributed by atoms with E-state index in [0.29, 0.717) is 11.8 Å². The van der Waals surface area contributed by atoms with Crippen molar-refractivity contribution in [3.05, 3.63) is 29.8 Å². The Kier molecular flexibility index (Phi) is 6.54. The Hall–Kier alpha value is -1.02. The van der Waals surface area contributed by atoms with Crippen molar-refractivity contribution in [2.24, 2.45) is 5.92 Å². The van der Waals surface area contributed by atoms with Crippen LogP contribution in [0.3, 0.4) is 0 Å². The molecule has 1 N–H and O–H groups in total. The molecule has 0 fully saturated rings. The van der Waals surface area contributed by atoms with Gasteiger partial charge >= 0.3 is 0 Å². The first-order valence-electron chi connectivity index (χ1n) is 7.80. The second kappa shape index (κ2) is 7.68. The fourth-order valence-corrected chi connectivity index (χ4v) is 2.78. The van der Waals surface area contributed by atoms with Crippen molar-refractivity contribution in [3.63, 3.8) is 0 Å². The van der Waals surface area contributed by atoms with Gasteiger partial charge in [-0.25, -0.2) is 0 Å². The molecule has 0 bridgehead atoms. The summed E-state index contributed by atoms with van der Waals surface area (Å²) < 4.78 is 5.57. The predicted octanol–water partition coefficient (Wildman–Crippen LogP) is 4.60. The molecular formula is C18H31NO. The zero-order valence-corrected chi connectivity index (χ0v) is 14.0. The number of rotatable bonds is 7. The molecule has 2 nitrogen and oxygen atoms in total. The Balaban J connectivity index is 3.02. The molecule has 0 aliphatic rings. The second-order valence-corrected chi connectivity index (χ2v) is 6.56. The van der Waals surface area contributed by atoms with Crippen LogP contribution in [-0.2, 0) is 0 Å². The summed E-state index contributed by atoms with van der Waals surface area (Å²) in [6.07, 6.45) is 2.40. The fraction of sp³-hybridized carbons (Fsp3) is 0.667. The SMILES string of the molecule is CCC(CC)C(CNC(C)(C)C)c1ccccc1OC. The van der Waals surface area contributed by atoms with Gasteiger partial charge in [0, 0.05) is 18.0 Å². The molecular weight excluding hydrogens is 246 g/mol. The van der Waals surface area contributed by atoms with Crippen LogP contribution in [-0.4, -0.2) is 19.2 Å². The second-order valence-electron chi connectivity index (χ2n) is 6.56. The summed E-state index contributed by atoms with van der Waals surface area (Å²) in [7, 11) is 1.76. The minimum absolute atomic E-state index is 0.145. The van der Waals surface area contributed by atoms with Crippen LogP contribution in [0.5, 0.6) is 5.75 Å². The number of methoxy groups -OCH3 is 1. The lowest BCUT2D eigenvalue weighted by Gasteiger charge is -2.31. The normalized spacial score (nSPS) is 13.6. The third-order valence-electron chi connectivity index (χ3n) is 4.01. The maximum Gasteiger partial charge on any atom is 0.122 e. The summed E-state index contributed by atoms with van der Waals surface area (Å²) in [5, 5.41) is 3.67. The van der Waals surface area contributed by atoms with Crippen molar-refractivity contribution in [2.45, 2.75) is 58.9 Å². The van der Waals surface area contributed by atoms with E-state index in [2.05, 4.69) is 58.1 Å². The van der Waals surface area contributed by atoms with E-state index in [-0.39, 0.29) is 5.54 Å². The summed E-state index contributed by atoms with van der Waals surface area (Å²) in [4.78, 5) is 0. The minimum Gasteiger partial charge on any atom is -0.496 e. The summed E-state index contributed by atoms with van der Waals surface area (Å²) >= 11 is 0. The quantitative estimate of drug-likeness (QED) is 0.786. The summed E-state index contributed by atoms with van der Waals surface area (Å²) in [5.74, 6) is 2.20. The van der Waals surface area contributed by atoms with Crippen molar-refractivity contribution in [1.29, 1.82) is 0 Å². The molecule has 1 atom stereocenters. The van der Waals surface area contributed by atoms with Crippen molar-refractivity contribution in [2.75, 3.05) is 13.7 Å². The molecule has 1 aromatic carbocycles. The molecule has 20 heavy (non-hydrogen) atoms. The minimum atomic E-state index is 0.145. The first-order chi connectivity index (χ1) is 9.42. The molecule has 1 unspecified atom stereocenters. The fourth-order valence-electron chi connectivity index (χ4n) is 2.78. The van der Waals surface area contributed by atoms with E-state index in [4.69, 9.17) is 4.74 Å². The molecule has 0 heterocycles. The number of ether oxygens (including phenoxy) is 1. The van der Waals surface area contributed by atoms with E-state index in [1.54, 1.807) is 7.11 Å². The van der Waals surface area contributed by atoms with E-state index >= 15 is 0 Å². The molecule has 1 aromatic rings. The first-order valence-corrected chi connectivity index (χ1v) is 7.80. The van der Waals surface area contributed by atoms with Gasteiger partial charge in [0.15, 0.2) is 0 Å². The number of nitrogens with one attached hydrogen (secondary N) is 1. The van der Waals surface area contributed by atoms with Gasteiger partial charge in [-0.15, -0.1) is 0 Å². The van der Waals surface area contributed by atoms with Crippen molar-refractivity contribution >= 4 is 0 Å². The van der Waals surface area contributed by atoms with E-state index in [1.165, 1.54) is 18.4 Å². The van der Waals surface area contributed by atoms with Gasteiger partial charge in [-0.3, -0.25) is 0 Å². The van der Waals surface area contributed by atoms with Gasteiger partial charge in [0.1, 0.15) is 5.75 Å². The van der Waals surface area contributed by atoms with Gasteiger partial charge < -0.3 is 10.1 Å². The number of para-hydroxylation sites is 1. The molecule has 114 valence electrons. The van der Waals surface area contributed by atoms with E-state index < -0.39 is 0 Å². The van der Waals surface area contributed by atoms with Gasteiger partial charge in [0.25, 0.3) is 0 Å². The lowest BCUT2D eigenvalue weighted by molar-refractivity contribution is 0.324. The number of hydrogen-bond acceptors (Lipinski definition) is 2. The van der Waals surface area contributed by atoms with E-state index in [0.717, 1.165) is 12.3 Å². The highest BCUT2D eigenvalue weighted by Crippen LogP contribution is 2.35. The lowest BCUT2D eigenvalue weighted by atomic mass is 9.81. The number of benzene rings is 1. The van der Waals surface area contributed by atoms with Gasteiger partial charge in [0.05, 0.1) is 7.11 Å². The van der Waals surface area contributed by atoms with Crippen molar-refractivity contribution < 1.29 is 4.74 Å². The maximum atomic E-state index is 5.57. The summed E-state index contributed by atoms with van der Waals surface area (Å²) in [6, 6.07) is 8.45. The van der Waals surface area contributed by atoms with Crippen LogP contribution in [0, 0.1) is 5.92 Å². The molecule has 0 aliphatic carbocycles. The Bertz CT molecular complexity index is 391. The molecule has 0 spiro atoms. The van der Waals surface area contributed by atoms with Crippen LogP contribution in [0.25, 0.3) is 0 Å². The average molecular weight is 277 g/mol. The largest absolute Gasteiger partial charge is 0.496 e. The van der Waals surface area contributed by atoms with E-state index in [9.17, 15) is 0 Å². The van der Waals surface area contributed by atoms with Crippen LogP contribution in [0.1, 0.15) is 58.9 Å². The number of hydrogen-bond donors (Lipinski definition) is 1. The molecule has 0 aromatic heterocycles. The van der Waals surface area contributed by atoms with Crippen LogP contribution in [0.4, 0.5) is 0 Å². The topological polar surface area (TPSA) is 21.3 Å². The Morgan fingerprint density at radius 2 is 1.70 bits per heavy atom. The third-order valence-corrected chi connectivity index (χ3v) is 4.01. The van der Waals surface area contributed by atoms with Crippen LogP contribution >= 0.6 is 0 Å². The smallest absolute Gasteiger partial charge is 0.122 e. The van der Waals surface area contributed by atoms with Gasteiger partial charge in [0.2, 0.25) is 0 Å². The Morgan fingerprint density at radius 1 is 1.10 bits per heavy atom. The summed E-state index contributed by atoms with van der Waals surface area (Å²) in [5.41, 5.74) is 1.48. The lowest BCUT2D eigenvalue weighted by Crippen LogP contribution is -2.40. The van der Waals surface area contributed by atoms with Gasteiger partial charge in [-0.05, 0) is 38.3 Å². The van der Waals surface area contributed by atoms with Gasteiger partial charge in [-0.1, -0.05) is 44.9 Å². The molecule has 1 rings (SSSR count). The first kappa shape index (κ1) is 17.0. The highest BCUT2D eigenvalue weighted by Gasteiger charge is 2.24. The van der Waals surface area contributed by atoms with Gasteiger partial charge in [-0.2, -0.15) is 0 Å². The zero-order valence-electron chi connectivity index (χ0n) is 14.0. The summed E-state index contributed by atoms with van der Waals surface area (Å²) in [6.45, 7) is 12.2. The van der Waals surface area contributed by atoms with E-state index in [1.807, 2.05) is 6.07 Å².